The van der Waals surface area contributed by atoms with Crippen LogP contribution in [0.4, 0.5) is 0 Å². The van der Waals surface area contributed by atoms with E-state index in [4.69, 9.17) is 4.74 Å². The third-order valence-corrected chi connectivity index (χ3v) is 3.67. The molecule has 114 valence electrons. The van der Waals surface area contributed by atoms with Crippen molar-refractivity contribution in [2.75, 3.05) is 6.61 Å². The van der Waals surface area contributed by atoms with Crippen molar-refractivity contribution in [1.82, 2.24) is 25.4 Å². The minimum Gasteiger partial charge on any atom is -0.494 e. The summed E-state index contributed by atoms with van der Waals surface area (Å²) in [5.41, 5.74) is 3.85. The van der Waals surface area contributed by atoms with E-state index in [0.717, 1.165) is 39.3 Å². The molecule has 2 heterocycles. The molecule has 6 heteroatoms. The minimum absolute atomic E-state index is 0.639. The van der Waals surface area contributed by atoms with Crippen molar-refractivity contribution in [3.05, 3.63) is 48.8 Å². The number of aromatic nitrogens is 5. The van der Waals surface area contributed by atoms with Gasteiger partial charge in [0.25, 0.3) is 0 Å². The van der Waals surface area contributed by atoms with Crippen LogP contribution in [0.1, 0.15) is 6.92 Å². The molecule has 2 aromatic heterocycles. The highest BCUT2D eigenvalue weighted by molar-refractivity contribution is 5.95. The van der Waals surface area contributed by atoms with Gasteiger partial charge in [0.1, 0.15) is 17.8 Å². The second-order valence-corrected chi connectivity index (χ2v) is 5.13. The Balaban J connectivity index is 1.84. The first kappa shape index (κ1) is 13.5. The van der Waals surface area contributed by atoms with Crippen LogP contribution in [0.25, 0.3) is 33.5 Å². The smallest absolute Gasteiger partial charge is 0.155 e. The molecule has 23 heavy (non-hydrogen) atoms. The van der Waals surface area contributed by atoms with Crippen LogP contribution < -0.4 is 4.74 Å². The highest BCUT2D eigenvalue weighted by Gasteiger charge is 2.11. The lowest BCUT2D eigenvalue weighted by molar-refractivity contribution is 0.340. The first-order valence-electron chi connectivity index (χ1n) is 7.42. The van der Waals surface area contributed by atoms with Gasteiger partial charge in [0.15, 0.2) is 5.82 Å². The number of hydrogen-bond donors (Lipinski definition) is 2. The first-order chi connectivity index (χ1) is 11.3. The van der Waals surface area contributed by atoms with Crippen molar-refractivity contribution < 1.29 is 4.74 Å². The standard InChI is InChI=1S/C17H15N5O/c1-2-23-13-5-3-4-11(8-13)16-14-9-12(17-18-10-19-22-17)6-7-15(14)20-21-16/h3-10H,2H2,1H3,(H,20,21)(H,18,19,22). The molecule has 2 aromatic carbocycles. The van der Waals surface area contributed by atoms with E-state index >= 15 is 0 Å². The Hall–Kier alpha value is -3.15. The highest BCUT2D eigenvalue weighted by atomic mass is 16.5. The van der Waals surface area contributed by atoms with Gasteiger partial charge in [-0.25, -0.2) is 4.98 Å². The van der Waals surface area contributed by atoms with Gasteiger partial charge in [0, 0.05) is 16.5 Å². The number of nitrogens with zero attached hydrogens (tertiary/aromatic N) is 3. The molecule has 0 radical (unpaired) electrons. The zero-order chi connectivity index (χ0) is 15.6. The number of aromatic amines is 2. The summed E-state index contributed by atoms with van der Waals surface area (Å²) in [5, 5.41) is 15.4. The third-order valence-electron chi connectivity index (χ3n) is 3.67. The van der Waals surface area contributed by atoms with Gasteiger partial charge in [0.05, 0.1) is 12.1 Å². The minimum atomic E-state index is 0.639. The number of benzene rings is 2. The van der Waals surface area contributed by atoms with E-state index in [9.17, 15) is 0 Å². The van der Waals surface area contributed by atoms with E-state index in [1.165, 1.54) is 6.33 Å². The maximum Gasteiger partial charge on any atom is 0.155 e. The summed E-state index contributed by atoms with van der Waals surface area (Å²) in [4.78, 5) is 4.20. The van der Waals surface area contributed by atoms with Gasteiger partial charge in [-0.1, -0.05) is 12.1 Å². The summed E-state index contributed by atoms with van der Waals surface area (Å²) >= 11 is 0. The Morgan fingerprint density at radius 2 is 2.00 bits per heavy atom. The van der Waals surface area contributed by atoms with Crippen LogP contribution in [-0.4, -0.2) is 32.0 Å². The van der Waals surface area contributed by atoms with Gasteiger partial charge in [-0.15, -0.1) is 0 Å². The molecular weight excluding hydrogens is 290 g/mol. The Bertz CT molecular complexity index is 943. The van der Waals surface area contributed by atoms with Crippen molar-refractivity contribution in [2.24, 2.45) is 0 Å². The fourth-order valence-electron chi connectivity index (χ4n) is 2.63. The molecule has 0 saturated heterocycles. The Morgan fingerprint density at radius 1 is 1.04 bits per heavy atom. The molecule has 4 rings (SSSR count). The molecule has 0 unspecified atom stereocenters. The van der Waals surface area contributed by atoms with Crippen LogP contribution in [0.3, 0.4) is 0 Å². The van der Waals surface area contributed by atoms with Gasteiger partial charge in [-0.2, -0.15) is 10.2 Å². The topological polar surface area (TPSA) is 79.5 Å². The fourth-order valence-corrected chi connectivity index (χ4v) is 2.63. The first-order valence-corrected chi connectivity index (χ1v) is 7.42. The molecule has 0 spiro atoms. The summed E-state index contributed by atoms with van der Waals surface area (Å²) < 4.78 is 5.58. The van der Waals surface area contributed by atoms with Crippen LogP contribution in [0.2, 0.25) is 0 Å². The van der Waals surface area contributed by atoms with Crippen LogP contribution in [0.5, 0.6) is 5.75 Å². The predicted octanol–water partition coefficient (Wildman–Crippen LogP) is 3.41. The molecule has 0 amide bonds. The fraction of sp³-hybridized carbons (Fsp3) is 0.118. The molecule has 4 aromatic rings. The van der Waals surface area contributed by atoms with Gasteiger partial charge >= 0.3 is 0 Å². The zero-order valence-corrected chi connectivity index (χ0v) is 12.6. The lowest BCUT2D eigenvalue weighted by Crippen LogP contribution is -1.91. The van der Waals surface area contributed by atoms with E-state index in [-0.39, 0.29) is 0 Å². The number of nitrogens with one attached hydrogen (secondary N) is 2. The van der Waals surface area contributed by atoms with Gasteiger partial charge < -0.3 is 4.74 Å². The molecule has 0 fully saturated rings. The summed E-state index contributed by atoms with van der Waals surface area (Å²) in [5.74, 6) is 1.58. The molecule has 2 N–H and O–H groups in total. The second kappa shape index (κ2) is 5.57. The van der Waals surface area contributed by atoms with E-state index in [1.54, 1.807) is 0 Å². The van der Waals surface area contributed by atoms with E-state index in [2.05, 4.69) is 31.4 Å². The number of rotatable bonds is 4. The average Bonchev–Trinajstić information content (AvgIpc) is 3.24. The van der Waals surface area contributed by atoms with Crippen molar-refractivity contribution >= 4 is 10.9 Å². The SMILES string of the molecule is CCOc1cccc(-c2n[nH]c3ccc(-c4ncn[nH]4)cc23)c1. The molecule has 0 saturated carbocycles. The largest absolute Gasteiger partial charge is 0.494 e. The maximum atomic E-state index is 5.58. The van der Waals surface area contributed by atoms with Gasteiger partial charge in [-0.3, -0.25) is 10.2 Å². The van der Waals surface area contributed by atoms with Crippen molar-refractivity contribution in [1.29, 1.82) is 0 Å². The van der Waals surface area contributed by atoms with Gasteiger partial charge in [0.2, 0.25) is 0 Å². The van der Waals surface area contributed by atoms with Crippen LogP contribution in [-0.2, 0) is 0 Å². The van der Waals surface area contributed by atoms with E-state index in [1.807, 2.05) is 43.3 Å². The van der Waals surface area contributed by atoms with Crippen molar-refractivity contribution in [3.63, 3.8) is 0 Å². The van der Waals surface area contributed by atoms with Crippen LogP contribution in [0, 0.1) is 0 Å². The molecule has 6 nitrogen and oxygen atoms in total. The Labute approximate surface area is 132 Å². The number of ether oxygens (including phenoxy) is 1. The lowest BCUT2D eigenvalue weighted by atomic mass is 10.1. The molecule has 0 bridgehead atoms. The quantitative estimate of drug-likeness (QED) is 0.605. The number of fused-ring (bicyclic) bond motifs is 1. The van der Waals surface area contributed by atoms with E-state index in [0.29, 0.717) is 6.61 Å². The molecule has 0 aliphatic rings. The van der Waals surface area contributed by atoms with Gasteiger partial charge in [-0.05, 0) is 37.3 Å². The number of hydrogen-bond acceptors (Lipinski definition) is 4. The lowest BCUT2D eigenvalue weighted by Gasteiger charge is -2.05. The van der Waals surface area contributed by atoms with Crippen LogP contribution in [0.15, 0.2) is 48.8 Å². The summed E-state index contributed by atoms with van der Waals surface area (Å²) in [6.07, 6.45) is 1.50. The number of H-pyrrole nitrogens is 2. The normalized spacial score (nSPS) is 11.0. The predicted molar refractivity (Wildman–Crippen MR) is 88.1 cm³/mol. The Morgan fingerprint density at radius 3 is 2.83 bits per heavy atom. The summed E-state index contributed by atoms with van der Waals surface area (Å²) in [6.45, 7) is 2.61. The monoisotopic (exact) mass is 305 g/mol. The zero-order valence-electron chi connectivity index (χ0n) is 12.6. The molecule has 0 aliphatic heterocycles. The molecule has 0 aliphatic carbocycles. The molecular formula is C17H15N5O. The van der Waals surface area contributed by atoms with Crippen molar-refractivity contribution in [3.8, 4) is 28.4 Å². The van der Waals surface area contributed by atoms with Crippen molar-refractivity contribution in [2.45, 2.75) is 6.92 Å². The summed E-state index contributed by atoms with van der Waals surface area (Å²) in [6, 6.07) is 14.0. The van der Waals surface area contributed by atoms with E-state index < -0.39 is 0 Å². The van der Waals surface area contributed by atoms with Crippen LogP contribution >= 0.6 is 0 Å². The Kier molecular flexibility index (Phi) is 3.27. The third kappa shape index (κ3) is 2.44. The average molecular weight is 305 g/mol. The maximum absolute atomic E-state index is 5.58. The molecule has 0 atom stereocenters. The highest BCUT2D eigenvalue weighted by Crippen LogP contribution is 2.31. The second-order valence-electron chi connectivity index (χ2n) is 5.13. The summed E-state index contributed by atoms with van der Waals surface area (Å²) in [7, 11) is 0.